The minimum Gasteiger partial charge on any atom is -0.369 e. The van der Waals surface area contributed by atoms with Crippen LogP contribution in [-0.2, 0) is 9.53 Å². The average molecular weight is 496 g/mol. The number of aromatic nitrogens is 2. The maximum atomic E-state index is 14.6. The monoisotopic (exact) mass is 495 g/mol. The highest BCUT2D eigenvalue weighted by Gasteiger charge is 2.37. The van der Waals surface area contributed by atoms with Gasteiger partial charge in [0.15, 0.2) is 11.6 Å². The molecular formula is C29H35F2N3O2. The van der Waals surface area contributed by atoms with Gasteiger partial charge in [0.1, 0.15) is 18.0 Å². The molecule has 2 atom stereocenters. The first kappa shape index (κ1) is 24.9. The first-order chi connectivity index (χ1) is 17.6. The van der Waals surface area contributed by atoms with Gasteiger partial charge in [-0.2, -0.15) is 0 Å². The van der Waals surface area contributed by atoms with Crippen molar-refractivity contribution >= 4 is 16.9 Å². The molecule has 1 aromatic heterocycles. The van der Waals surface area contributed by atoms with Crippen LogP contribution in [0.25, 0.3) is 11.0 Å². The van der Waals surface area contributed by atoms with Crippen molar-refractivity contribution in [1.29, 1.82) is 0 Å². The lowest BCUT2D eigenvalue weighted by Crippen LogP contribution is -2.44. The zero-order valence-electron chi connectivity index (χ0n) is 20.9. The Balaban J connectivity index is 1.66. The van der Waals surface area contributed by atoms with E-state index >= 15 is 0 Å². The third-order valence-electron chi connectivity index (χ3n) is 7.93. The summed E-state index contributed by atoms with van der Waals surface area (Å²) in [6.45, 7) is 0. The Kier molecular flexibility index (Phi) is 7.65. The van der Waals surface area contributed by atoms with Crippen molar-refractivity contribution < 1.29 is 18.3 Å². The van der Waals surface area contributed by atoms with E-state index in [4.69, 9.17) is 9.72 Å². The Hall–Kier alpha value is -2.80. The lowest BCUT2D eigenvalue weighted by molar-refractivity contribution is -0.127. The summed E-state index contributed by atoms with van der Waals surface area (Å²) in [5, 5.41) is 3.32. The van der Waals surface area contributed by atoms with Crippen LogP contribution in [0.1, 0.15) is 87.7 Å². The van der Waals surface area contributed by atoms with Gasteiger partial charge in [0.05, 0.1) is 11.0 Å². The second-order valence-electron chi connectivity index (χ2n) is 10.3. The molecular weight excluding hydrogens is 460 g/mol. The van der Waals surface area contributed by atoms with Gasteiger partial charge in [-0.1, -0.05) is 68.9 Å². The van der Waals surface area contributed by atoms with Crippen LogP contribution in [0.3, 0.4) is 0 Å². The van der Waals surface area contributed by atoms with Gasteiger partial charge >= 0.3 is 0 Å². The Morgan fingerprint density at radius 1 is 0.972 bits per heavy atom. The number of rotatable bonds is 7. The number of carbonyl (C=O) groups is 1. The van der Waals surface area contributed by atoms with Crippen LogP contribution in [0.4, 0.5) is 8.78 Å². The first-order valence-corrected chi connectivity index (χ1v) is 13.3. The van der Waals surface area contributed by atoms with E-state index in [1.54, 1.807) is 7.11 Å². The number of nitrogens with zero attached hydrogens (tertiary/aromatic N) is 2. The molecule has 2 saturated carbocycles. The van der Waals surface area contributed by atoms with Gasteiger partial charge in [-0.3, -0.25) is 4.79 Å². The standard InChI is InChI=1S/C29H35F2N3O2/c1-36-27(20-13-7-3-8-14-20)28-33-24-17-22(30)23(31)18-25(24)34(28)26(19-11-5-2-6-12-19)29(35)32-21-15-9-4-10-16-21/h3,7-8,13-14,17-19,21,26-27H,2,4-6,9-12,15-16H2,1H3,(H,32,35)/t26-,27+/m1/s1. The largest absolute Gasteiger partial charge is 0.369 e. The highest BCUT2D eigenvalue weighted by Crippen LogP contribution is 2.39. The molecule has 1 N–H and O–H groups in total. The van der Waals surface area contributed by atoms with Gasteiger partial charge in [0.2, 0.25) is 5.91 Å². The number of hydrogen-bond donors (Lipinski definition) is 1. The molecule has 3 aromatic rings. The zero-order valence-corrected chi connectivity index (χ0v) is 20.9. The molecule has 0 unspecified atom stereocenters. The van der Waals surface area contributed by atoms with Crippen molar-refractivity contribution in [3.63, 3.8) is 0 Å². The van der Waals surface area contributed by atoms with Crippen molar-refractivity contribution in [2.45, 2.75) is 82.4 Å². The number of hydrogen-bond acceptors (Lipinski definition) is 3. The summed E-state index contributed by atoms with van der Waals surface area (Å²) in [6, 6.07) is 11.5. The third kappa shape index (κ3) is 5.03. The van der Waals surface area contributed by atoms with E-state index in [2.05, 4.69) is 5.32 Å². The highest BCUT2D eigenvalue weighted by atomic mass is 19.2. The van der Waals surface area contributed by atoms with Gasteiger partial charge in [-0.25, -0.2) is 13.8 Å². The van der Waals surface area contributed by atoms with Crippen LogP contribution < -0.4 is 5.32 Å². The number of carbonyl (C=O) groups excluding carboxylic acids is 1. The van der Waals surface area contributed by atoms with E-state index in [-0.39, 0.29) is 17.9 Å². The van der Waals surface area contributed by atoms with E-state index in [0.717, 1.165) is 69.4 Å². The van der Waals surface area contributed by atoms with Crippen LogP contribution >= 0.6 is 0 Å². The Morgan fingerprint density at radius 2 is 1.61 bits per heavy atom. The van der Waals surface area contributed by atoms with Gasteiger partial charge in [-0.15, -0.1) is 0 Å². The van der Waals surface area contributed by atoms with Crippen molar-refractivity contribution in [2.75, 3.05) is 7.11 Å². The van der Waals surface area contributed by atoms with Crippen LogP contribution in [0, 0.1) is 17.6 Å². The SMILES string of the molecule is CO[C@@H](c1ccccc1)c1nc2cc(F)c(F)cc2n1[C@@H](C(=O)NC1CCCCC1)C1CCCCC1. The molecule has 36 heavy (non-hydrogen) atoms. The number of methoxy groups -OCH3 is 1. The van der Waals surface area contributed by atoms with E-state index in [9.17, 15) is 13.6 Å². The second-order valence-corrected chi connectivity index (χ2v) is 10.3. The van der Waals surface area contributed by atoms with Gasteiger partial charge < -0.3 is 14.6 Å². The van der Waals surface area contributed by atoms with Gasteiger partial charge in [0.25, 0.3) is 0 Å². The zero-order chi connectivity index (χ0) is 25.1. The van der Waals surface area contributed by atoms with Crippen molar-refractivity contribution in [3.05, 3.63) is 65.5 Å². The predicted octanol–water partition coefficient (Wildman–Crippen LogP) is 6.62. The third-order valence-corrected chi connectivity index (χ3v) is 7.93. The molecule has 5 rings (SSSR count). The summed E-state index contributed by atoms with van der Waals surface area (Å²) in [5.74, 6) is -1.37. The highest BCUT2D eigenvalue weighted by molar-refractivity contribution is 5.85. The van der Waals surface area contributed by atoms with E-state index < -0.39 is 23.8 Å². The molecule has 0 radical (unpaired) electrons. The first-order valence-electron chi connectivity index (χ1n) is 13.3. The van der Waals surface area contributed by atoms with E-state index in [1.807, 2.05) is 34.9 Å². The fourth-order valence-electron chi connectivity index (χ4n) is 6.13. The molecule has 1 amide bonds. The average Bonchev–Trinajstić information content (AvgIpc) is 3.24. The lowest BCUT2D eigenvalue weighted by Gasteiger charge is -2.34. The summed E-state index contributed by atoms with van der Waals surface area (Å²) >= 11 is 0. The van der Waals surface area contributed by atoms with Gasteiger partial charge in [-0.05, 0) is 37.2 Å². The number of benzene rings is 2. The minimum absolute atomic E-state index is 0.0537. The lowest BCUT2D eigenvalue weighted by atomic mass is 9.82. The van der Waals surface area contributed by atoms with Crippen LogP contribution in [0.5, 0.6) is 0 Å². The summed E-state index contributed by atoms with van der Waals surface area (Å²) in [7, 11) is 1.60. The Labute approximate surface area is 211 Å². The molecule has 2 aliphatic carbocycles. The van der Waals surface area contributed by atoms with E-state index in [1.165, 1.54) is 12.5 Å². The predicted molar refractivity (Wildman–Crippen MR) is 136 cm³/mol. The Morgan fingerprint density at radius 3 is 2.28 bits per heavy atom. The number of imidazole rings is 1. The molecule has 0 bridgehead atoms. The maximum Gasteiger partial charge on any atom is 0.243 e. The summed E-state index contributed by atoms with van der Waals surface area (Å²) < 4.78 is 36.6. The van der Waals surface area contributed by atoms with Gasteiger partial charge in [0, 0.05) is 25.3 Å². The van der Waals surface area contributed by atoms with Crippen LogP contribution in [0.15, 0.2) is 42.5 Å². The van der Waals surface area contributed by atoms with Crippen molar-refractivity contribution in [2.24, 2.45) is 5.92 Å². The molecule has 192 valence electrons. The van der Waals surface area contributed by atoms with E-state index in [0.29, 0.717) is 16.9 Å². The molecule has 2 aromatic carbocycles. The number of fused-ring (bicyclic) bond motifs is 1. The number of amides is 1. The number of ether oxygens (including phenoxy) is 1. The topological polar surface area (TPSA) is 56.2 Å². The molecule has 0 spiro atoms. The fraction of sp³-hybridized carbons (Fsp3) is 0.517. The molecule has 7 heteroatoms. The second kappa shape index (κ2) is 11.1. The summed E-state index contributed by atoms with van der Waals surface area (Å²) in [5.41, 5.74) is 1.62. The molecule has 0 saturated heterocycles. The van der Waals surface area contributed by atoms with Crippen molar-refractivity contribution in [1.82, 2.24) is 14.9 Å². The minimum atomic E-state index is -0.951. The summed E-state index contributed by atoms with van der Waals surface area (Å²) in [4.78, 5) is 18.8. The number of nitrogens with one attached hydrogen (secondary N) is 1. The molecule has 5 nitrogen and oxygen atoms in total. The quantitative estimate of drug-likeness (QED) is 0.401. The molecule has 0 aliphatic heterocycles. The van der Waals surface area contributed by atoms with Crippen LogP contribution in [0.2, 0.25) is 0 Å². The fourth-order valence-corrected chi connectivity index (χ4v) is 6.13. The molecule has 2 fully saturated rings. The van der Waals surface area contributed by atoms with Crippen molar-refractivity contribution in [3.8, 4) is 0 Å². The molecule has 1 heterocycles. The smallest absolute Gasteiger partial charge is 0.243 e. The molecule has 2 aliphatic rings. The number of halogens is 2. The Bertz CT molecular complexity index is 1180. The normalized spacial score (nSPS) is 19.3. The maximum absolute atomic E-state index is 14.6. The summed E-state index contributed by atoms with van der Waals surface area (Å²) in [6.07, 6.45) is 9.87. The van der Waals surface area contributed by atoms with Crippen LogP contribution in [-0.4, -0.2) is 28.6 Å².